The second-order valence-electron chi connectivity index (χ2n) is 9.34. The Bertz CT molecular complexity index is 1410. The fourth-order valence-corrected chi connectivity index (χ4v) is 5.88. The maximum atomic E-state index is 13.9. The number of anilines is 1. The Morgan fingerprint density at radius 2 is 1.57 bits per heavy atom. The largest absolute Gasteiger partial charge is 0.354 e. The highest BCUT2D eigenvalue weighted by Crippen LogP contribution is 2.28. The van der Waals surface area contributed by atoms with Crippen LogP contribution in [0.2, 0.25) is 10.0 Å². The van der Waals surface area contributed by atoms with E-state index in [-0.39, 0.29) is 17.1 Å². The molecule has 1 N–H and O–H groups in total. The van der Waals surface area contributed by atoms with Crippen LogP contribution in [-0.4, -0.2) is 44.3 Å². The Morgan fingerprint density at radius 3 is 2.15 bits per heavy atom. The van der Waals surface area contributed by atoms with Crippen LogP contribution in [-0.2, 0) is 26.2 Å². The van der Waals surface area contributed by atoms with Crippen molar-refractivity contribution in [1.29, 1.82) is 0 Å². The van der Waals surface area contributed by atoms with Crippen LogP contribution in [0.15, 0.2) is 71.6 Å². The van der Waals surface area contributed by atoms with Crippen molar-refractivity contribution in [3.63, 3.8) is 0 Å². The highest BCUT2D eigenvalue weighted by molar-refractivity contribution is 7.92. The molecule has 2 amide bonds. The van der Waals surface area contributed by atoms with E-state index in [0.717, 1.165) is 34.8 Å². The van der Waals surface area contributed by atoms with E-state index in [1.165, 1.54) is 29.2 Å². The van der Waals surface area contributed by atoms with E-state index in [1.54, 1.807) is 37.3 Å². The van der Waals surface area contributed by atoms with Gasteiger partial charge in [0.05, 0.1) is 10.6 Å². The van der Waals surface area contributed by atoms with Crippen molar-refractivity contribution in [2.24, 2.45) is 0 Å². The van der Waals surface area contributed by atoms with E-state index in [2.05, 4.69) is 5.32 Å². The van der Waals surface area contributed by atoms with Gasteiger partial charge in [0.25, 0.3) is 10.0 Å². The Morgan fingerprint density at radius 1 is 0.975 bits per heavy atom. The van der Waals surface area contributed by atoms with Crippen molar-refractivity contribution < 1.29 is 22.4 Å². The van der Waals surface area contributed by atoms with Gasteiger partial charge < -0.3 is 10.2 Å². The number of carbonyl (C=O) groups excluding carboxylic acids is 2. The van der Waals surface area contributed by atoms with Crippen molar-refractivity contribution in [3.05, 3.63) is 93.7 Å². The van der Waals surface area contributed by atoms with E-state index in [0.29, 0.717) is 22.2 Å². The Balaban J connectivity index is 2.03. The van der Waals surface area contributed by atoms with Crippen LogP contribution in [0.5, 0.6) is 0 Å². The molecule has 0 heterocycles. The van der Waals surface area contributed by atoms with Gasteiger partial charge in [-0.3, -0.25) is 13.9 Å². The summed E-state index contributed by atoms with van der Waals surface area (Å²) in [6.07, 6.45) is 1.63. The lowest BCUT2D eigenvalue weighted by molar-refractivity contribution is -0.139. The first kappa shape index (κ1) is 31.4. The quantitative estimate of drug-likeness (QED) is 0.257. The minimum absolute atomic E-state index is 0.0405. The normalized spacial score (nSPS) is 12.1. The summed E-state index contributed by atoms with van der Waals surface area (Å²) in [7, 11) is -4.25. The summed E-state index contributed by atoms with van der Waals surface area (Å²) in [5.41, 5.74) is 1.36. The first-order chi connectivity index (χ1) is 18.9. The van der Waals surface area contributed by atoms with Gasteiger partial charge in [0.1, 0.15) is 18.4 Å². The molecule has 0 spiro atoms. The highest BCUT2D eigenvalue weighted by Gasteiger charge is 2.33. The summed E-state index contributed by atoms with van der Waals surface area (Å²) in [5.74, 6) is -1.64. The minimum atomic E-state index is -4.25. The molecule has 214 valence electrons. The molecule has 0 aliphatic carbocycles. The monoisotopic (exact) mass is 607 g/mol. The zero-order chi connectivity index (χ0) is 29.4. The molecule has 0 bridgehead atoms. The van der Waals surface area contributed by atoms with E-state index in [9.17, 15) is 22.4 Å². The summed E-state index contributed by atoms with van der Waals surface area (Å²) >= 11 is 12.8. The van der Waals surface area contributed by atoms with Crippen molar-refractivity contribution in [2.75, 3.05) is 17.4 Å². The average Bonchev–Trinajstić information content (AvgIpc) is 2.92. The lowest BCUT2D eigenvalue weighted by atomic mass is 10.1. The molecule has 1 atom stereocenters. The van der Waals surface area contributed by atoms with Gasteiger partial charge in [-0.1, -0.05) is 60.3 Å². The van der Waals surface area contributed by atoms with Crippen LogP contribution in [0.1, 0.15) is 37.8 Å². The molecule has 11 heteroatoms. The molecule has 3 rings (SSSR count). The molecule has 3 aromatic carbocycles. The highest BCUT2D eigenvalue weighted by atomic mass is 35.5. The Kier molecular flexibility index (Phi) is 11.0. The maximum Gasteiger partial charge on any atom is 0.264 e. The van der Waals surface area contributed by atoms with Gasteiger partial charge in [0, 0.05) is 28.7 Å². The lowest BCUT2D eigenvalue weighted by Crippen LogP contribution is -2.51. The number of hydrogen-bond donors (Lipinski definition) is 1. The van der Waals surface area contributed by atoms with Gasteiger partial charge in [0.15, 0.2) is 0 Å². The van der Waals surface area contributed by atoms with E-state index in [4.69, 9.17) is 23.2 Å². The summed E-state index contributed by atoms with van der Waals surface area (Å²) in [6, 6.07) is 14.9. The van der Waals surface area contributed by atoms with E-state index in [1.807, 2.05) is 13.8 Å². The maximum absolute atomic E-state index is 13.9. The zero-order valence-electron chi connectivity index (χ0n) is 22.5. The molecule has 0 saturated heterocycles. The number of hydrogen-bond acceptors (Lipinski definition) is 4. The predicted molar refractivity (Wildman–Crippen MR) is 157 cm³/mol. The summed E-state index contributed by atoms with van der Waals surface area (Å²) in [5, 5.41) is 3.41. The molecule has 0 saturated carbocycles. The number of carbonyl (C=O) groups is 2. The van der Waals surface area contributed by atoms with Crippen LogP contribution in [0, 0.1) is 12.7 Å². The second-order valence-corrected chi connectivity index (χ2v) is 12.0. The molecule has 7 nitrogen and oxygen atoms in total. The van der Waals surface area contributed by atoms with E-state index >= 15 is 0 Å². The molecule has 40 heavy (non-hydrogen) atoms. The molecule has 0 aliphatic rings. The first-order valence-electron chi connectivity index (χ1n) is 12.8. The van der Waals surface area contributed by atoms with Gasteiger partial charge in [-0.05, 0) is 68.8 Å². The zero-order valence-corrected chi connectivity index (χ0v) is 24.9. The molecule has 0 radical (unpaired) electrons. The fraction of sp³-hybridized carbons (Fsp3) is 0.310. The first-order valence-corrected chi connectivity index (χ1v) is 15.0. The molecule has 1 unspecified atom stereocenters. The number of halogens is 3. The molecule has 0 aliphatic heterocycles. The van der Waals surface area contributed by atoms with Gasteiger partial charge in [-0.25, -0.2) is 12.8 Å². The topological polar surface area (TPSA) is 86.8 Å². The van der Waals surface area contributed by atoms with Gasteiger partial charge >= 0.3 is 0 Å². The van der Waals surface area contributed by atoms with Gasteiger partial charge in [0.2, 0.25) is 11.8 Å². The number of nitrogens with one attached hydrogen (secondary N) is 1. The molecule has 0 fully saturated rings. The van der Waals surface area contributed by atoms with Gasteiger partial charge in [-0.15, -0.1) is 0 Å². The van der Waals surface area contributed by atoms with Crippen molar-refractivity contribution in [1.82, 2.24) is 10.2 Å². The smallest absolute Gasteiger partial charge is 0.264 e. The number of benzene rings is 3. The number of unbranched alkanes of at least 4 members (excludes halogenated alkanes) is 1. The number of rotatable bonds is 12. The minimum Gasteiger partial charge on any atom is -0.354 e. The number of sulfonamides is 1. The number of nitrogens with zero attached hydrogens (tertiary/aromatic N) is 2. The van der Waals surface area contributed by atoms with Crippen molar-refractivity contribution >= 4 is 50.7 Å². The van der Waals surface area contributed by atoms with Gasteiger partial charge in [-0.2, -0.15) is 0 Å². The molecule has 0 aromatic heterocycles. The van der Waals surface area contributed by atoms with Crippen LogP contribution in [0.4, 0.5) is 10.1 Å². The number of amides is 2. The fourth-order valence-electron chi connectivity index (χ4n) is 3.95. The summed E-state index contributed by atoms with van der Waals surface area (Å²) < 4.78 is 42.2. The molecular weight excluding hydrogens is 576 g/mol. The summed E-state index contributed by atoms with van der Waals surface area (Å²) in [4.78, 5) is 28.1. The Labute approximate surface area is 244 Å². The SMILES string of the molecule is CCCCNC(=O)C(C)N(Cc1c(Cl)cccc1Cl)C(=O)CN(c1ccc(F)cc1)S(=O)(=O)c1ccc(C)cc1. The van der Waals surface area contributed by atoms with E-state index < -0.39 is 40.2 Å². The molecule has 3 aromatic rings. The van der Waals surface area contributed by atoms with Crippen LogP contribution in [0.25, 0.3) is 0 Å². The van der Waals surface area contributed by atoms with Crippen molar-refractivity contribution in [2.45, 2.75) is 51.1 Å². The molecular formula is C29H32Cl2FN3O4S. The Hall–Kier alpha value is -3.14. The van der Waals surface area contributed by atoms with Crippen LogP contribution in [0.3, 0.4) is 0 Å². The third-order valence-electron chi connectivity index (χ3n) is 6.39. The third-order valence-corrected chi connectivity index (χ3v) is 8.89. The third kappa shape index (κ3) is 7.74. The van der Waals surface area contributed by atoms with Crippen molar-refractivity contribution in [3.8, 4) is 0 Å². The van der Waals surface area contributed by atoms with Crippen LogP contribution < -0.4 is 9.62 Å². The lowest BCUT2D eigenvalue weighted by Gasteiger charge is -2.32. The average molecular weight is 609 g/mol. The second kappa shape index (κ2) is 14.0. The summed E-state index contributed by atoms with van der Waals surface area (Å²) in [6.45, 7) is 5.00. The standard InChI is InChI=1S/C29H32Cl2FN3O4S/c1-4-5-17-33-29(37)21(3)34(18-25-26(30)7-6-8-27(25)31)28(36)19-35(23-13-11-22(32)12-14-23)40(38,39)24-15-9-20(2)10-16-24/h6-16,21H,4-5,17-19H2,1-3H3,(H,33,37). The predicted octanol–water partition coefficient (Wildman–Crippen LogP) is 5.97. The van der Waals surface area contributed by atoms with Crippen LogP contribution >= 0.6 is 23.2 Å². The number of aryl methyl sites for hydroxylation is 1.